The second kappa shape index (κ2) is 10.6. The largest absolute Gasteiger partial charge is 0.497 e. The predicted octanol–water partition coefficient (Wildman–Crippen LogP) is 2.47. The monoisotopic (exact) mass is 451 g/mol. The first-order valence-electron chi connectivity index (χ1n) is 11.7. The standard InChI is InChI=1S/C24H33N7O2/c1-4-29(5-2)17-14-25-24(32)19-12-15-30(16-13-19)22-11-10-21-26-27-23(31(21)28-22)18-6-8-20(33-3)9-7-18/h6-11,19H,4-5,12-17H2,1-3H3,(H,25,32). The number of fused-ring (bicyclic) bond motifs is 1. The zero-order valence-corrected chi connectivity index (χ0v) is 19.7. The van der Waals surface area contributed by atoms with E-state index in [1.807, 2.05) is 36.4 Å². The van der Waals surface area contributed by atoms with Gasteiger partial charge in [-0.2, -0.15) is 4.52 Å². The minimum Gasteiger partial charge on any atom is -0.497 e. The van der Waals surface area contributed by atoms with Crippen LogP contribution in [0.3, 0.4) is 0 Å². The fourth-order valence-electron chi connectivity index (χ4n) is 4.26. The van der Waals surface area contributed by atoms with Gasteiger partial charge in [0.2, 0.25) is 5.91 Å². The Morgan fingerprint density at radius 2 is 1.82 bits per heavy atom. The van der Waals surface area contributed by atoms with Crippen LogP contribution in [0.5, 0.6) is 5.75 Å². The van der Waals surface area contributed by atoms with Crippen LogP contribution in [-0.4, -0.2) is 77.0 Å². The van der Waals surface area contributed by atoms with Crippen LogP contribution in [0, 0.1) is 5.92 Å². The first-order valence-corrected chi connectivity index (χ1v) is 11.7. The van der Waals surface area contributed by atoms with Crippen molar-refractivity contribution in [2.24, 2.45) is 5.92 Å². The molecular formula is C24H33N7O2. The van der Waals surface area contributed by atoms with Crippen molar-refractivity contribution in [2.45, 2.75) is 26.7 Å². The van der Waals surface area contributed by atoms with Crippen molar-refractivity contribution in [1.29, 1.82) is 0 Å². The summed E-state index contributed by atoms with van der Waals surface area (Å²) in [5, 5.41) is 16.5. The quantitative estimate of drug-likeness (QED) is 0.535. The van der Waals surface area contributed by atoms with Gasteiger partial charge in [-0.05, 0) is 62.3 Å². The van der Waals surface area contributed by atoms with Crippen LogP contribution in [0.1, 0.15) is 26.7 Å². The number of amides is 1. The minimum atomic E-state index is 0.0615. The van der Waals surface area contributed by atoms with E-state index in [1.54, 1.807) is 11.6 Å². The summed E-state index contributed by atoms with van der Waals surface area (Å²) in [5.74, 6) is 2.59. The van der Waals surface area contributed by atoms with Crippen molar-refractivity contribution in [3.63, 3.8) is 0 Å². The summed E-state index contributed by atoms with van der Waals surface area (Å²) in [7, 11) is 1.65. The molecule has 0 bridgehead atoms. The Balaban J connectivity index is 1.38. The third-order valence-electron chi connectivity index (χ3n) is 6.41. The molecular weight excluding hydrogens is 418 g/mol. The minimum absolute atomic E-state index is 0.0615. The number of hydrogen-bond acceptors (Lipinski definition) is 7. The van der Waals surface area contributed by atoms with Gasteiger partial charge in [-0.3, -0.25) is 4.79 Å². The maximum Gasteiger partial charge on any atom is 0.223 e. The first-order chi connectivity index (χ1) is 16.1. The van der Waals surface area contributed by atoms with Crippen molar-refractivity contribution in [1.82, 2.24) is 30.0 Å². The van der Waals surface area contributed by atoms with Gasteiger partial charge in [-0.1, -0.05) is 13.8 Å². The van der Waals surface area contributed by atoms with Gasteiger partial charge in [0, 0.05) is 37.7 Å². The number of nitrogens with one attached hydrogen (secondary N) is 1. The number of nitrogens with zero attached hydrogens (tertiary/aromatic N) is 6. The second-order valence-electron chi connectivity index (χ2n) is 8.29. The molecule has 9 heteroatoms. The fraction of sp³-hybridized carbons (Fsp3) is 0.500. The number of carbonyl (C=O) groups excluding carboxylic acids is 1. The molecule has 3 aromatic rings. The van der Waals surface area contributed by atoms with E-state index in [2.05, 4.69) is 39.2 Å². The number of benzene rings is 1. The van der Waals surface area contributed by atoms with Gasteiger partial charge in [0.25, 0.3) is 0 Å². The highest BCUT2D eigenvalue weighted by molar-refractivity contribution is 5.79. The molecule has 0 saturated carbocycles. The molecule has 33 heavy (non-hydrogen) atoms. The van der Waals surface area contributed by atoms with Crippen molar-refractivity contribution in [2.75, 3.05) is 51.3 Å². The third kappa shape index (κ3) is 5.24. The lowest BCUT2D eigenvalue weighted by molar-refractivity contribution is -0.125. The Bertz CT molecular complexity index is 1050. The third-order valence-corrected chi connectivity index (χ3v) is 6.41. The van der Waals surface area contributed by atoms with Crippen molar-refractivity contribution < 1.29 is 9.53 Å². The molecule has 0 unspecified atom stereocenters. The summed E-state index contributed by atoms with van der Waals surface area (Å²) in [4.78, 5) is 17.1. The molecule has 1 fully saturated rings. The molecule has 1 amide bonds. The molecule has 176 valence electrons. The van der Waals surface area contributed by atoms with Gasteiger partial charge in [-0.25, -0.2) is 0 Å². The van der Waals surface area contributed by atoms with E-state index in [0.717, 1.165) is 62.7 Å². The summed E-state index contributed by atoms with van der Waals surface area (Å²) in [6.45, 7) is 9.51. The molecule has 3 heterocycles. The number of rotatable bonds is 9. The summed E-state index contributed by atoms with van der Waals surface area (Å²) >= 11 is 0. The highest BCUT2D eigenvalue weighted by Crippen LogP contribution is 2.25. The number of piperidine rings is 1. The van der Waals surface area contributed by atoms with Crippen LogP contribution in [-0.2, 0) is 4.79 Å². The van der Waals surface area contributed by atoms with Gasteiger partial charge in [-0.15, -0.1) is 15.3 Å². The molecule has 1 aliphatic rings. The van der Waals surface area contributed by atoms with Crippen LogP contribution in [0.25, 0.3) is 17.0 Å². The van der Waals surface area contributed by atoms with Crippen molar-refractivity contribution >= 4 is 17.4 Å². The zero-order chi connectivity index (χ0) is 23.2. The molecule has 2 aromatic heterocycles. The summed E-state index contributed by atoms with van der Waals surface area (Å²) in [6, 6.07) is 11.6. The van der Waals surface area contributed by atoms with Gasteiger partial charge in [0.15, 0.2) is 11.5 Å². The van der Waals surface area contributed by atoms with E-state index in [9.17, 15) is 4.79 Å². The number of carbonyl (C=O) groups is 1. The Hall–Kier alpha value is -3.20. The Kier molecular flexibility index (Phi) is 7.39. The highest BCUT2D eigenvalue weighted by atomic mass is 16.5. The average Bonchev–Trinajstić information content (AvgIpc) is 3.30. The topological polar surface area (TPSA) is 87.9 Å². The molecule has 1 aromatic carbocycles. The lowest BCUT2D eigenvalue weighted by atomic mass is 9.96. The first kappa shape index (κ1) is 23.0. The lowest BCUT2D eigenvalue weighted by Gasteiger charge is -2.32. The predicted molar refractivity (Wildman–Crippen MR) is 129 cm³/mol. The normalized spacial score (nSPS) is 14.7. The van der Waals surface area contributed by atoms with E-state index in [-0.39, 0.29) is 11.8 Å². The van der Waals surface area contributed by atoms with E-state index in [0.29, 0.717) is 18.0 Å². The molecule has 1 aliphatic heterocycles. The maximum atomic E-state index is 12.6. The Morgan fingerprint density at radius 1 is 1.09 bits per heavy atom. The van der Waals surface area contributed by atoms with Gasteiger partial charge in [0.1, 0.15) is 11.6 Å². The number of ether oxygens (including phenoxy) is 1. The SMILES string of the molecule is CCN(CC)CCNC(=O)C1CCN(c2ccc3nnc(-c4ccc(OC)cc4)n3n2)CC1. The van der Waals surface area contributed by atoms with Gasteiger partial charge >= 0.3 is 0 Å². The second-order valence-corrected chi connectivity index (χ2v) is 8.29. The Labute approximate surface area is 194 Å². The molecule has 0 aliphatic carbocycles. The molecule has 1 saturated heterocycles. The lowest BCUT2D eigenvalue weighted by Crippen LogP contribution is -2.43. The number of anilines is 1. The van der Waals surface area contributed by atoms with Crippen LogP contribution in [0.2, 0.25) is 0 Å². The molecule has 4 rings (SSSR count). The number of likely N-dealkylation sites (N-methyl/N-ethyl adjacent to an activating group) is 1. The van der Waals surface area contributed by atoms with Gasteiger partial charge in [0.05, 0.1) is 7.11 Å². The molecule has 0 atom stereocenters. The summed E-state index contributed by atoms with van der Waals surface area (Å²) in [5.41, 5.74) is 1.63. The average molecular weight is 452 g/mol. The molecule has 9 nitrogen and oxygen atoms in total. The van der Waals surface area contributed by atoms with Crippen LogP contribution in [0.4, 0.5) is 5.82 Å². The maximum absolute atomic E-state index is 12.6. The van der Waals surface area contributed by atoms with Crippen molar-refractivity contribution in [3.05, 3.63) is 36.4 Å². The van der Waals surface area contributed by atoms with E-state index >= 15 is 0 Å². The number of aromatic nitrogens is 4. The van der Waals surface area contributed by atoms with Crippen LogP contribution >= 0.6 is 0 Å². The fourth-order valence-corrected chi connectivity index (χ4v) is 4.26. The smallest absolute Gasteiger partial charge is 0.223 e. The van der Waals surface area contributed by atoms with E-state index < -0.39 is 0 Å². The molecule has 1 N–H and O–H groups in total. The van der Waals surface area contributed by atoms with Crippen LogP contribution in [0.15, 0.2) is 36.4 Å². The number of methoxy groups -OCH3 is 1. The van der Waals surface area contributed by atoms with E-state index in [1.165, 1.54) is 0 Å². The van der Waals surface area contributed by atoms with Crippen molar-refractivity contribution in [3.8, 4) is 17.1 Å². The molecule has 0 radical (unpaired) electrons. The highest BCUT2D eigenvalue weighted by Gasteiger charge is 2.26. The van der Waals surface area contributed by atoms with E-state index in [4.69, 9.17) is 9.84 Å². The van der Waals surface area contributed by atoms with Crippen LogP contribution < -0.4 is 15.0 Å². The summed E-state index contributed by atoms with van der Waals surface area (Å²) in [6.07, 6.45) is 1.65. The zero-order valence-electron chi connectivity index (χ0n) is 19.7. The molecule has 0 spiro atoms. The Morgan fingerprint density at radius 3 is 2.48 bits per heavy atom. The van der Waals surface area contributed by atoms with Gasteiger partial charge < -0.3 is 19.9 Å². The summed E-state index contributed by atoms with van der Waals surface area (Å²) < 4.78 is 7.03. The number of hydrogen-bond donors (Lipinski definition) is 1.